The molecule has 26 heavy (non-hydrogen) atoms. The van der Waals surface area contributed by atoms with E-state index in [1.807, 2.05) is 0 Å². The Bertz CT molecular complexity index is 803. The number of halogens is 3. The number of aromatic nitrogens is 1. The first-order valence-electron chi connectivity index (χ1n) is 7.30. The van der Waals surface area contributed by atoms with Gasteiger partial charge in [-0.2, -0.15) is 13.2 Å². The molecule has 2 aromatic heterocycles. The molecule has 1 amide bonds. The second kappa shape index (κ2) is 7.81. The molecular formula is C16H15F3N2O4S. The van der Waals surface area contributed by atoms with Crippen LogP contribution in [0.1, 0.15) is 27.4 Å². The zero-order valence-electron chi connectivity index (χ0n) is 13.8. The van der Waals surface area contributed by atoms with Crippen molar-refractivity contribution in [3.05, 3.63) is 47.0 Å². The van der Waals surface area contributed by atoms with Crippen LogP contribution < -0.4 is 0 Å². The summed E-state index contributed by atoms with van der Waals surface area (Å²) in [6.07, 6.45) is -3.74. The molecular weight excluding hydrogens is 373 g/mol. The summed E-state index contributed by atoms with van der Waals surface area (Å²) in [5, 5.41) is 9.27. The van der Waals surface area contributed by atoms with E-state index < -0.39 is 17.7 Å². The lowest BCUT2D eigenvalue weighted by Gasteiger charge is -2.15. The number of nitrogens with zero attached hydrogens (tertiary/aromatic N) is 2. The van der Waals surface area contributed by atoms with E-state index in [4.69, 9.17) is 9.52 Å². The predicted molar refractivity (Wildman–Crippen MR) is 86.8 cm³/mol. The number of thioether (sulfide) groups is 1. The average Bonchev–Trinajstić information content (AvgIpc) is 2.92. The topological polar surface area (TPSA) is 83.6 Å². The summed E-state index contributed by atoms with van der Waals surface area (Å²) in [5.41, 5.74) is -0.822. The van der Waals surface area contributed by atoms with E-state index >= 15 is 0 Å². The molecule has 2 heterocycles. The summed E-state index contributed by atoms with van der Waals surface area (Å²) in [4.78, 5) is 28.1. The van der Waals surface area contributed by atoms with Crippen LogP contribution in [-0.2, 0) is 17.5 Å². The molecule has 2 aromatic rings. The number of pyridine rings is 1. The number of hydrogen-bond acceptors (Lipinski definition) is 5. The molecule has 0 aliphatic rings. The fourth-order valence-electron chi connectivity index (χ4n) is 2.04. The highest BCUT2D eigenvalue weighted by Crippen LogP contribution is 2.29. The number of carboxylic acid groups (broad SMARTS) is 1. The third kappa shape index (κ3) is 5.01. The van der Waals surface area contributed by atoms with Gasteiger partial charge in [0.2, 0.25) is 5.91 Å². The molecule has 0 aromatic carbocycles. The van der Waals surface area contributed by atoms with Gasteiger partial charge < -0.3 is 14.4 Å². The van der Waals surface area contributed by atoms with Gasteiger partial charge in [0.15, 0.2) is 0 Å². The molecule has 6 nitrogen and oxygen atoms in total. The zero-order chi connectivity index (χ0) is 19.5. The molecule has 140 valence electrons. The Labute approximate surface area is 151 Å². The lowest BCUT2D eigenvalue weighted by Crippen LogP contribution is -2.27. The first-order chi connectivity index (χ1) is 12.1. The Hall–Kier alpha value is -2.49. The lowest BCUT2D eigenvalue weighted by molar-refractivity contribution is -0.138. The Balaban J connectivity index is 1.91. The van der Waals surface area contributed by atoms with Crippen molar-refractivity contribution in [3.8, 4) is 0 Å². The molecule has 0 spiro atoms. The van der Waals surface area contributed by atoms with Gasteiger partial charge in [0.1, 0.15) is 17.1 Å². The first-order valence-corrected chi connectivity index (χ1v) is 8.29. The van der Waals surface area contributed by atoms with Crippen LogP contribution in [0.5, 0.6) is 0 Å². The van der Waals surface area contributed by atoms with Crippen molar-refractivity contribution in [2.75, 3.05) is 12.8 Å². The SMILES string of the molecule is Cc1oc(CN(C)C(=O)CSc2ccc(C(F)(F)F)cn2)cc1C(=O)O. The molecule has 2 rings (SSSR count). The molecule has 0 saturated carbocycles. The predicted octanol–water partition coefficient (Wildman–Crippen LogP) is 3.45. The van der Waals surface area contributed by atoms with Crippen LogP contribution >= 0.6 is 11.8 Å². The van der Waals surface area contributed by atoms with Crippen LogP contribution in [0.3, 0.4) is 0 Å². The number of carbonyl (C=O) groups excluding carboxylic acids is 1. The number of carbonyl (C=O) groups is 2. The third-order valence-electron chi connectivity index (χ3n) is 3.43. The van der Waals surface area contributed by atoms with Gasteiger partial charge in [0.05, 0.1) is 22.9 Å². The summed E-state index contributed by atoms with van der Waals surface area (Å²) in [7, 11) is 1.52. The van der Waals surface area contributed by atoms with Crippen molar-refractivity contribution in [2.24, 2.45) is 0 Å². The summed E-state index contributed by atoms with van der Waals surface area (Å²) in [6.45, 7) is 1.59. The average molecular weight is 388 g/mol. The first kappa shape index (κ1) is 19.8. The molecule has 0 aliphatic carbocycles. The third-order valence-corrected chi connectivity index (χ3v) is 4.35. The molecule has 0 atom stereocenters. The van der Waals surface area contributed by atoms with E-state index in [9.17, 15) is 22.8 Å². The maximum absolute atomic E-state index is 12.5. The van der Waals surface area contributed by atoms with Crippen molar-refractivity contribution in [3.63, 3.8) is 0 Å². The smallest absolute Gasteiger partial charge is 0.417 e. The molecule has 10 heteroatoms. The molecule has 0 bridgehead atoms. The van der Waals surface area contributed by atoms with Gasteiger partial charge in [0, 0.05) is 13.2 Å². The molecule has 0 radical (unpaired) electrons. The van der Waals surface area contributed by atoms with Gasteiger partial charge >= 0.3 is 12.1 Å². The van der Waals surface area contributed by atoms with E-state index in [1.165, 1.54) is 31.0 Å². The maximum atomic E-state index is 12.5. The normalized spacial score (nSPS) is 11.4. The highest BCUT2D eigenvalue weighted by Gasteiger charge is 2.30. The van der Waals surface area contributed by atoms with Crippen LogP contribution in [-0.4, -0.2) is 39.7 Å². The van der Waals surface area contributed by atoms with Crippen molar-refractivity contribution < 1.29 is 32.3 Å². The number of alkyl halides is 3. The standard InChI is InChI=1S/C16H15F3N2O4S/c1-9-12(15(23)24)5-11(25-9)7-21(2)14(22)8-26-13-4-3-10(6-20-13)16(17,18)19/h3-6H,7-8H2,1-2H3,(H,23,24). The van der Waals surface area contributed by atoms with Gasteiger partial charge in [0.25, 0.3) is 0 Å². The number of aromatic carboxylic acids is 1. The van der Waals surface area contributed by atoms with E-state index in [2.05, 4.69) is 4.98 Å². The second-order valence-corrected chi connectivity index (χ2v) is 6.40. The second-order valence-electron chi connectivity index (χ2n) is 5.41. The van der Waals surface area contributed by atoms with Crippen molar-refractivity contribution >= 4 is 23.6 Å². The van der Waals surface area contributed by atoms with Crippen LogP contribution in [0.25, 0.3) is 0 Å². The molecule has 0 aliphatic heterocycles. The number of carboxylic acids is 1. The van der Waals surface area contributed by atoms with Crippen LogP contribution in [0.2, 0.25) is 0 Å². The molecule has 0 saturated heterocycles. The summed E-state index contributed by atoms with van der Waals surface area (Å²) in [5.74, 6) is -0.872. The van der Waals surface area contributed by atoms with E-state index in [-0.39, 0.29) is 29.5 Å². The minimum Gasteiger partial charge on any atom is -0.478 e. The highest BCUT2D eigenvalue weighted by molar-refractivity contribution is 7.99. The highest BCUT2D eigenvalue weighted by atomic mass is 32.2. The number of amides is 1. The van der Waals surface area contributed by atoms with Gasteiger partial charge in [-0.3, -0.25) is 4.79 Å². The van der Waals surface area contributed by atoms with Crippen LogP contribution in [0, 0.1) is 6.92 Å². The van der Waals surface area contributed by atoms with Gasteiger partial charge in [-0.15, -0.1) is 0 Å². The van der Waals surface area contributed by atoms with Gasteiger partial charge in [-0.05, 0) is 25.1 Å². The Kier molecular flexibility index (Phi) is 5.96. The van der Waals surface area contributed by atoms with Crippen molar-refractivity contribution in [1.82, 2.24) is 9.88 Å². The van der Waals surface area contributed by atoms with Crippen molar-refractivity contribution in [1.29, 1.82) is 0 Å². The number of aryl methyl sites for hydroxylation is 1. The van der Waals surface area contributed by atoms with E-state index in [0.717, 1.165) is 24.0 Å². The quantitative estimate of drug-likeness (QED) is 0.763. The maximum Gasteiger partial charge on any atom is 0.417 e. The van der Waals surface area contributed by atoms with Crippen LogP contribution in [0.15, 0.2) is 33.8 Å². The summed E-state index contributed by atoms with van der Waals surface area (Å²) < 4.78 is 42.7. The van der Waals surface area contributed by atoms with E-state index in [0.29, 0.717) is 10.8 Å². The summed E-state index contributed by atoms with van der Waals surface area (Å²) in [6, 6.07) is 3.46. The van der Waals surface area contributed by atoms with Crippen LogP contribution in [0.4, 0.5) is 13.2 Å². The lowest BCUT2D eigenvalue weighted by atomic mass is 10.2. The number of furan rings is 1. The molecule has 1 N–H and O–H groups in total. The van der Waals surface area contributed by atoms with E-state index in [1.54, 1.807) is 0 Å². The fourth-order valence-corrected chi connectivity index (χ4v) is 2.82. The minimum absolute atomic E-state index is 0.0274. The Morgan fingerprint density at radius 3 is 2.54 bits per heavy atom. The summed E-state index contributed by atoms with van der Waals surface area (Å²) >= 11 is 1.01. The van der Waals surface area contributed by atoms with Gasteiger partial charge in [-0.25, -0.2) is 9.78 Å². The minimum atomic E-state index is -4.46. The fraction of sp³-hybridized carbons (Fsp3) is 0.312. The number of hydrogen-bond donors (Lipinski definition) is 1. The number of rotatable bonds is 6. The molecule has 0 unspecified atom stereocenters. The monoisotopic (exact) mass is 388 g/mol. The largest absolute Gasteiger partial charge is 0.478 e. The zero-order valence-corrected chi connectivity index (χ0v) is 14.6. The molecule has 0 fully saturated rings. The van der Waals surface area contributed by atoms with Crippen molar-refractivity contribution in [2.45, 2.75) is 24.7 Å². The van der Waals surface area contributed by atoms with Gasteiger partial charge in [-0.1, -0.05) is 11.8 Å². The Morgan fingerprint density at radius 1 is 1.35 bits per heavy atom. The Morgan fingerprint density at radius 2 is 2.04 bits per heavy atom.